The molecular formula is C26H20ClN4O2. The van der Waals surface area contributed by atoms with Gasteiger partial charge in [0.05, 0.1) is 29.7 Å². The van der Waals surface area contributed by atoms with Crippen LogP contribution in [0.3, 0.4) is 0 Å². The highest BCUT2D eigenvalue weighted by atomic mass is 35.5. The largest absolute Gasteiger partial charge is 0.503 e. The Labute approximate surface area is 196 Å². The van der Waals surface area contributed by atoms with Crippen molar-refractivity contribution in [2.45, 2.75) is 6.54 Å². The predicted octanol–water partition coefficient (Wildman–Crippen LogP) is 6.06. The molecule has 2 N–H and O–H groups in total. The first-order valence-corrected chi connectivity index (χ1v) is 10.7. The second-order valence-corrected chi connectivity index (χ2v) is 7.98. The lowest BCUT2D eigenvalue weighted by Gasteiger charge is -2.12. The molecule has 0 amide bonds. The Morgan fingerprint density at radius 3 is 2.70 bits per heavy atom. The van der Waals surface area contributed by atoms with Crippen LogP contribution >= 0.6 is 11.6 Å². The standard InChI is InChI=1S/C26H20ClN4O2/c1-33-25-14-19(13-22(27)26(25)32)18-4-7-23-21(12-18)24(8-9-29-23)30-20-5-2-17(3-6-20)15-31-11-10-28-16-31/h2-7,9-14,16,32H,15H2,1H3,(H,29,30). The SMILES string of the molecule is COc1cc(-c2ccc3nc[c]c(Nc4ccc(Cn5ccnc5)cc4)c3c2)cc(Cl)c1O. The summed E-state index contributed by atoms with van der Waals surface area (Å²) < 4.78 is 7.28. The summed E-state index contributed by atoms with van der Waals surface area (Å²) in [6.45, 7) is 0.770. The molecule has 163 valence electrons. The van der Waals surface area contributed by atoms with Crippen molar-refractivity contribution in [3.63, 3.8) is 0 Å². The van der Waals surface area contributed by atoms with Crippen LogP contribution in [-0.2, 0) is 6.54 Å². The number of nitrogens with zero attached hydrogens (tertiary/aromatic N) is 3. The smallest absolute Gasteiger partial charge is 0.176 e. The number of methoxy groups -OCH3 is 1. The van der Waals surface area contributed by atoms with Gasteiger partial charge in [-0.25, -0.2) is 4.98 Å². The third-order valence-corrected chi connectivity index (χ3v) is 5.70. The Morgan fingerprint density at radius 1 is 1.09 bits per heavy atom. The number of benzene rings is 3. The maximum atomic E-state index is 10.1. The second-order valence-electron chi connectivity index (χ2n) is 7.58. The van der Waals surface area contributed by atoms with E-state index in [0.29, 0.717) is 5.75 Å². The first-order chi connectivity index (χ1) is 16.1. The molecule has 0 spiro atoms. The molecule has 0 aliphatic carbocycles. The number of aromatic hydroxyl groups is 1. The number of halogens is 1. The Bertz CT molecular complexity index is 1420. The van der Waals surface area contributed by atoms with Crippen molar-refractivity contribution in [2.75, 3.05) is 12.4 Å². The van der Waals surface area contributed by atoms with Crippen molar-refractivity contribution >= 4 is 33.9 Å². The van der Waals surface area contributed by atoms with Crippen LogP contribution in [0.4, 0.5) is 11.4 Å². The van der Waals surface area contributed by atoms with E-state index in [-0.39, 0.29) is 10.8 Å². The molecule has 1 radical (unpaired) electrons. The number of hydrogen-bond donors (Lipinski definition) is 2. The molecule has 5 rings (SSSR count). The predicted molar refractivity (Wildman–Crippen MR) is 130 cm³/mol. The van der Waals surface area contributed by atoms with E-state index < -0.39 is 0 Å². The third-order valence-electron chi connectivity index (χ3n) is 5.41. The number of rotatable bonds is 6. The number of anilines is 2. The number of nitrogens with one attached hydrogen (secondary N) is 1. The van der Waals surface area contributed by atoms with E-state index in [1.807, 2.05) is 41.1 Å². The minimum atomic E-state index is -0.0717. The van der Waals surface area contributed by atoms with Gasteiger partial charge in [0.1, 0.15) is 0 Å². The van der Waals surface area contributed by atoms with E-state index in [1.165, 1.54) is 12.7 Å². The van der Waals surface area contributed by atoms with Crippen molar-refractivity contribution in [2.24, 2.45) is 0 Å². The summed E-state index contributed by atoms with van der Waals surface area (Å²) >= 11 is 6.20. The molecule has 2 aromatic heterocycles. The van der Waals surface area contributed by atoms with Crippen molar-refractivity contribution in [1.29, 1.82) is 0 Å². The van der Waals surface area contributed by atoms with Crippen LogP contribution in [0.25, 0.3) is 22.0 Å². The first kappa shape index (κ1) is 20.8. The average Bonchev–Trinajstić information content (AvgIpc) is 3.35. The Morgan fingerprint density at radius 2 is 1.94 bits per heavy atom. The molecule has 0 fully saturated rings. The molecule has 5 aromatic rings. The fourth-order valence-electron chi connectivity index (χ4n) is 3.70. The maximum Gasteiger partial charge on any atom is 0.176 e. The summed E-state index contributed by atoms with van der Waals surface area (Å²) in [7, 11) is 1.50. The van der Waals surface area contributed by atoms with Gasteiger partial charge in [-0.15, -0.1) is 0 Å². The lowest BCUT2D eigenvalue weighted by Crippen LogP contribution is -1.97. The van der Waals surface area contributed by atoms with Crippen LogP contribution in [-0.4, -0.2) is 26.8 Å². The molecule has 0 atom stereocenters. The summed E-state index contributed by atoms with van der Waals surface area (Å²) in [6.07, 6.45) is 7.19. The van der Waals surface area contributed by atoms with Gasteiger partial charge in [0.25, 0.3) is 0 Å². The van der Waals surface area contributed by atoms with E-state index in [2.05, 4.69) is 33.5 Å². The van der Waals surface area contributed by atoms with E-state index in [0.717, 1.165) is 39.9 Å². The average molecular weight is 456 g/mol. The van der Waals surface area contributed by atoms with Gasteiger partial charge in [0.15, 0.2) is 11.5 Å². The van der Waals surface area contributed by atoms with E-state index in [4.69, 9.17) is 16.3 Å². The molecular weight excluding hydrogens is 436 g/mol. The van der Waals surface area contributed by atoms with Gasteiger partial charge in [-0.3, -0.25) is 4.98 Å². The second kappa shape index (κ2) is 8.84. The summed E-state index contributed by atoms with van der Waals surface area (Å²) in [5, 5.41) is 14.7. The van der Waals surface area contributed by atoms with E-state index >= 15 is 0 Å². The monoisotopic (exact) mass is 455 g/mol. The van der Waals surface area contributed by atoms with Gasteiger partial charge < -0.3 is 19.7 Å². The lowest BCUT2D eigenvalue weighted by molar-refractivity contribution is 0.374. The molecule has 7 heteroatoms. The van der Waals surface area contributed by atoms with Crippen molar-refractivity contribution < 1.29 is 9.84 Å². The fraction of sp³-hybridized carbons (Fsp3) is 0.0769. The van der Waals surface area contributed by atoms with Crippen molar-refractivity contribution in [3.05, 3.63) is 96.2 Å². The lowest BCUT2D eigenvalue weighted by atomic mass is 10.0. The quantitative estimate of drug-likeness (QED) is 0.325. The first-order valence-electron chi connectivity index (χ1n) is 10.3. The molecule has 3 aromatic carbocycles. The summed E-state index contributed by atoms with van der Waals surface area (Å²) in [6, 6.07) is 20.9. The van der Waals surface area contributed by atoms with Gasteiger partial charge in [0.2, 0.25) is 0 Å². The van der Waals surface area contributed by atoms with Crippen LogP contribution in [0.5, 0.6) is 11.5 Å². The van der Waals surface area contributed by atoms with Crippen LogP contribution in [0.2, 0.25) is 5.02 Å². The van der Waals surface area contributed by atoms with Gasteiger partial charge in [0, 0.05) is 42.3 Å². The zero-order valence-corrected chi connectivity index (χ0v) is 18.5. The highest BCUT2D eigenvalue weighted by Gasteiger charge is 2.12. The number of ether oxygens (including phenoxy) is 1. The van der Waals surface area contributed by atoms with Crippen molar-refractivity contribution in [1.82, 2.24) is 14.5 Å². The normalized spacial score (nSPS) is 11.0. The Kier molecular flexibility index (Phi) is 5.59. The molecule has 0 unspecified atom stereocenters. The van der Waals surface area contributed by atoms with Crippen molar-refractivity contribution in [3.8, 4) is 22.6 Å². The van der Waals surface area contributed by atoms with Gasteiger partial charge in [-0.1, -0.05) is 29.8 Å². The summed E-state index contributed by atoms with van der Waals surface area (Å²) in [4.78, 5) is 8.53. The van der Waals surface area contributed by atoms with Crippen LogP contribution in [0, 0.1) is 6.07 Å². The summed E-state index contributed by atoms with van der Waals surface area (Å²) in [5.74, 6) is 0.252. The minimum Gasteiger partial charge on any atom is -0.503 e. The third kappa shape index (κ3) is 4.33. The number of phenolic OH excluding ortho intramolecular Hbond substituents is 1. The van der Waals surface area contributed by atoms with E-state index in [9.17, 15) is 5.11 Å². The molecule has 0 aliphatic rings. The number of phenols is 1. The van der Waals surface area contributed by atoms with Gasteiger partial charge in [-0.2, -0.15) is 0 Å². The molecule has 0 saturated carbocycles. The fourth-order valence-corrected chi connectivity index (χ4v) is 3.91. The summed E-state index contributed by atoms with van der Waals surface area (Å²) in [5.41, 5.74) is 5.54. The number of imidazole rings is 1. The highest BCUT2D eigenvalue weighted by Crippen LogP contribution is 2.39. The number of pyridine rings is 1. The zero-order chi connectivity index (χ0) is 22.8. The van der Waals surface area contributed by atoms with Crippen LogP contribution in [0.15, 0.2) is 79.5 Å². The Hall–Kier alpha value is -4.03. The molecule has 6 nitrogen and oxygen atoms in total. The van der Waals surface area contributed by atoms with Gasteiger partial charge in [-0.05, 0) is 53.1 Å². The van der Waals surface area contributed by atoms with E-state index in [1.54, 1.807) is 30.9 Å². The minimum absolute atomic E-state index is 0.0717. The molecule has 0 aliphatic heterocycles. The topological polar surface area (TPSA) is 72.2 Å². The maximum absolute atomic E-state index is 10.1. The number of hydrogen-bond acceptors (Lipinski definition) is 5. The molecule has 0 bridgehead atoms. The number of aromatic nitrogens is 3. The number of fused-ring (bicyclic) bond motifs is 1. The highest BCUT2D eigenvalue weighted by molar-refractivity contribution is 6.32. The van der Waals surface area contributed by atoms with Crippen LogP contribution in [0.1, 0.15) is 5.56 Å². The van der Waals surface area contributed by atoms with Crippen LogP contribution < -0.4 is 10.1 Å². The zero-order valence-electron chi connectivity index (χ0n) is 17.8. The van der Waals surface area contributed by atoms with Gasteiger partial charge >= 0.3 is 0 Å². The molecule has 0 saturated heterocycles. The Balaban J connectivity index is 1.46. The molecule has 2 heterocycles. The molecule has 33 heavy (non-hydrogen) atoms.